The SMILES string of the molecule is CCN(CC)C(=O)CSc1nnc(SC(C)C(=O)Nc2c(C)cccc2C(C)C)n1N. The highest BCUT2D eigenvalue weighted by Crippen LogP contribution is 2.29. The van der Waals surface area contributed by atoms with Crippen LogP contribution in [0, 0.1) is 6.92 Å². The maximum Gasteiger partial charge on any atom is 0.237 e. The second-order valence-corrected chi connectivity index (χ2v) is 9.68. The normalized spacial score (nSPS) is 12.1. The fraction of sp³-hybridized carbons (Fsp3) is 0.524. The number of rotatable bonds is 10. The first-order valence-electron chi connectivity index (χ1n) is 10.4. The van der Waals surface area contributed by atoms with Crippen LogP contribution in [-0.2, 0) is 9.59 Å². The molecule has 1 heterocycles. The number of thioether (sulfide) groups is 2. The molecule has 0 saturated heterocycles. The molecule has 0 radical (unpaired) electrons. The van der Waals surface area contributed by atoms with Gasteiger partial charge in [0.05, 0.1) is 11.0 Å². The van der Waals surface area contributed by atoms with Crippen LogP contribution < -0.4 is 11.2 Å². The largest absolute Gasteiger partial charge is 0.343 e. The first-order valence-corrected chi connectivity index (χ1v) is 12.2. The number of anilines is 1. The van der Waals surface area contributed by atoms with Gasteiger partial charge in [0, 0.05) is 18.8 Å². The summed E-state index contributed by atoms with van der Waals surface area (Å²) in [7, 11) is 0. The van der Waals surface area contributed by atoms with Crippen molar-refractivity contribution in [1.82, 2.24) is 19.8 Å². The number of benzene rings is 1. The molecule has 0 aliphatic heterocycles. The van der Waals surface area contributed by atoms with Crippen LogP contribution in [0.4, 0.5) is 5.69 Å². The van der Waals surface area contributed by atoms with Gasteiger partial charge in [-0.3, -0.25) is 9.59 Å². The molecule has 170 valence electrons. The molecule has 3 N–H and O–H groups in total. The van der Waals surface area contributed by atoms with Gasteiger partial charge in [-0.25, -0.2) is 4.68 Å². The second kappa shape index (κ2) is 11.4. The van der Waals surface area contributed by atoms with Crippen molar-refractivity contribution in [2.75, 3.05) is 30.0 Å². The Morgan fingerprint density at radius 2 is 1.81 bits per heavy atom. The van der Waals surface area contributed by atoms with Crippen molar-refractivity contribution in [3.8, 4) is 0 Å². The topological polar surface area (TPSA) is 106 Å². The summed E-state index contributed by atoms with van der Waals surface area (Å²) >= 11 is 2.47. The van der Waals surface area contributed by atoms with Crippen molar-refractivity contribution in [2.45, 2.75) is 63.0 Å². The molecule has 1 aromatic carbocycles. The number of nitrogens with two attached hydrogens (primary N) is 1. The summed E-state index contributed by atoms with van der Waals surface area (Å²) in [6.45, 7) is 13.2. The minimum absolute atomic E-state index is 0.0270. The van der Waals surface area contributed by atoms with Crippen molar-refractivity contribution >= 4 is 41.0 Å². The van der Waals surface area contributed by atoms with E-state index in [0.717, 1.165) is 16.8 Å². The molecule has 10 heteroatoms. The molecule has 0 saturated carbocycles. The summed E-state index contributed by atoms with van der Waals surface area (Å²) in [6.07, 6.45) is 0. The third-order valence-corrected chi connectivity index (χ3v) is 6.89. The molecule has 2 aromatic rings. The standard InChI is InChI=1S/C21H32N6O2S2/c1-7-26(8-2)17(28)12-30-20-24-25-21(27(20)22)31-15(6)19(29)23-18-14(5)10-9-11-16(18)13(3)4/h9-11,13,15H,7-8,12,22H2,1-6H3,(H,23,29). The van der Waals surface area contributed by atoms with E-state index in [-0.39, 0.29) is 17.6 Å². The van der Waals surface area contributed by atoms with Gasteiger partial charge < -0.3 is 16.1 Å². The second-order valence-electron chi connectivity index (χ2n) is 7.43. The summed E-state index contributed by atoms with van der Waals surface area (Å²) in [5, 5.41) is 11.7. The molecule has 2 rings (SSSR count). The highest BCUT2D eigenvalue weighted by Gasteiger charge is 2.22. The zero-order valence-corrected chi connectivity index (χ0v) is 20.6. The van der Waals surface area contributed by atoms with Gasteiger partial charge in [-0.2, -0.15) is 0 Å². The highest BCUT2D eigenvalue weighted by molar-refractivity contribution is 8.00. The summed E-state index contributed by atoms with van der Waals surface area (Å²) in [5.74, 6) is 6.54. The van der Waals surface area contributed by atoms with E-state index in [2.05, 4.69) is 29.4 Å². The Balaban J connectivity index is 2.03. The molecular weight excluding hydrogens is 432 g/mol. The Morgan fingerprint density at radius 1 is 1.16 bits per heavy atom. The van der Waals surface area contributed by atoms with Gasteiger partial charge in [-0.1, -0.05) is 55.6 Å². The summed E-state index contributed by atoms with van der Waals surface area (Å²) in [5.41, 5.74) is 2.98. The molecule has 31 heavy (non-hydrogen) atoms. The van der Waals surface area contributed by atoms with E-state index in [1.54, 1.807) is 11.8 Å². The highest BCUT2D eigenvalue weighted by atomic mass is 32.2. The molecule has 1 aromatic heterocycles. The Morgan fingerprint density at radius 3 is 2.42 bits per heavy atom. The molecule has 1 atom stereocenters. The first kappa shape index (κ1) is 25.1. The van der Waals surface area contributed by atoms with Gasteiger partial charge in [0.2, 0.25) is 22.1 Å². The Kier molecular flexibility index (Phi) is 9.24. The minimum atomic E-state index is -0.429. The molecule has 0 aliphatic rings. The summed E-state index contributed by atoms with van der Waals surface area (Å²) < 4.78 is 1.34. The van der Waals surface area contributed by atoms with Crippen LogP contribution in [-0.4, -0.2) is 55.7 Å². The molecule has 2 amide bonds. The minimum Gasteiger partial charge on any atom is -0.343 e. The average molecular weight is 465 g/mol. The lowest BCUT2D eigenvalue weighted by Gasteiger charge is -2.18. The van der Waals surface area contributed by atoms with E-state index < -0.39 is 5.25 Å². The van der Waals surface area contributed by atoms with Crippen molar-refractivity contribution in [3.63, 3.8) is 0 Å². The smallest absolute Gasteiger partial charge is 0.237 e. The number of carbonyl (C=O) groups is 2. The number of nitrogens with one attached hydrogen (secondary N) is 1. The van der Waals surface area contributed by atoms with Crippen LogP contribution in [0.15, 0.2) is 28.5 Å². The number of amides is 2. The zero-order valence-electron chi connectivity index (χ0n) is 19.0. The van der Waals surface area contributed by atoms with Crippen molar-refractivity contribution in [1.29, 1.82) is 0 Å². The number of aryl methyl sites for hydroxylation is 1. The Hall–Kier alpha value is -2.20. The van der Waals surface area contributed by atoms with E-state index in [0.29, 0.717) is 29.3 Å². The molecule has 0 fully saturated rings. The van der Waals surface area contributed by atoms with Gasteiger partial charge >= 0.3 is 0 Å². The van der Waals surface area contributed by atoms with Crippen LogP contribution >= 0.6 is 23.5 Å². The van der Waals surface area contributed by atoms with E-state index in [4.69, 9.17) is 5.84 Å². The maximum atomic E-state index is 12.8. The lowest BCUT2D eigenvalue weighted by atomic mass is 9.98. The van der Waals surface area contributed by atoms with Crippen LogP contribution in [0.1, 0.15) is 51.7 Å². The van der Waals surface area contributed by atoms with E-state index >= 15 is 0 Å². The van der Waals surface area contributed by atoms with Gasteiger partial charge in [0.15, 0.2) is 0 Å². The Labute approximate surface area is 192 Å². The third kappa shape index (κ3) is 6.39. The van der Waals surface area contributed by atoms with Gasteiger partial charge in [0.1, 0.15) is 0 Å². The predicted molar refractivity (Wildman–Crippen MR) is 128 cm³/mol. The third-order valence-electron chi connectivity index (χ3n) is 4.90. The fourth-order valence-corrected chi connectivity index (χ4v) is 4.60. The van der Waals surface area contributed by atoms with Gasteiger partial charge in [-0.05, 0) is 44.7 Å². The summed E-state index contributed by atoms with van der Waals surface area (Å²) in [4.78, 5) is 26.8. The number of aromatic nitrogens is 3. The van der Waals surface area contributed by atoms with Crippen LogP contribution in [0.2, 0.25) is 0 Å². The molecule has 1 unspecified atom stereocenters. The van der Waals surface area contributed by atoms with Crippen LogP contribution in [0.3, 0.4) is 0 Å². The lowest BCUT2D eigenvalue weighted by Crippen LogP contribution is -2.32. The number of hydrogen-bond donors (Lipinski definition) is 2. The monoisotopic (exact) mass is 464 g/mol. The van der Waals surface area contributed by atoms with Crippen molar-refractivity contribution in [2.24, 2.45) is 0 Å². The number of nitrogen functional groups attached to an aromatic ring is 1. The Bertz CT molecular complexity index is 911. The molecular formula is C21H32N6O2S2. The number of para-hydroxylation sites is 1. The molecule has 0 bridgehead atoms. The molecule has 8 nitrogen and oxygen atoms in total. The summed E-state index contributed by atoms with van der Waals surface area (Å²) in [6, 6.07) is 6.02. The van der Waals surface area contributed by atoms with E-state index in [1.807, 2.05) is 39.0 Å². The first-order chi connectivity index (χ1) is 14.7. The number of nitrogens with zero attached hydrogens (tertiary/aromatic N) is 4. The molecule has 0 aliphatic carbocycles. The zero-order chi connectivity index (χ0) is 23.1. The van der Waals surface area contributed by atoms with Crippen LogP contribution in [0.5, 0.6) is 0 Å². The van der Waals surface area contributed by atoms with Gasteiger partial charge in [-0.15, -0.1) is 10.2 Å². The predicted octanol–water partition coefficient (Wildman–Crippen LogP) is 3.50. The van der Waals surface area contributed by atoms with Gasteiger partial charge in [0.25, 0.3) is 0 Å². The van der Waals surface area contributed by atoms with Crippen molar-refractivity contribution in [3.05, 3.63) is 29.3 Å². The number of hydrogen-bond acceptors (Lipinski definition) is 7. The quantitative estimate of drug-likeness (QED) is 0.409. The van der Waals surface area contributed by atoms with Crippen LogP contribution in [0.25, 0.3) is 0 Å². The average Bonchev–Trinajstić information content (AvgIpc) is 3.07. The lowest BCUT2D eigenvalue weighted by molar-refractivity contribution is -0.128. The molecule has 0 spiro atoms. The van der Waals surface area contributed by atoms with E-state index in [9.17, 15) is 9.59 Å². The van der Waals surface area contributed by atoms with Crippen molar-refractivity contribution < 1.29 is 9.59 Å². The van der Waals surface area contributed by atoms with E-state index in [1.165, 1.54) is 28.2 Å². The fourth-order valence-electron chi connectivity index (χ4n) is 3.02. The number of carbonyl (C=O) groups excluding carboxylic acids is 2. The maximum absolute atomic E-state index is 12.8.